The third kappa shape index (κ3) is 3.76. The van der Waals surface area contributed by atoms with E-state index in [1.54, 1.807) is 0 Å². The summed E-state index contributed by atoms with van der Waals surface area (Å²) in [5.74, 6) is 0.104. The van der Waals surface area contributed by atoms with Gasteiger partial charge >= 0.3 is 0 Å². The Bertz CT molecular complexity index is 739. The molecule has 0 unspecified atom stereocenters. The lowest BCUT2D eigenvalue weighted by atomic mass is 10.2. The second-order valence-electron chi connectivity index (χ2n) is 6.65. The quantitative estimate of drug-likeness (QED) is 0.828. The van der Waals surface area contributed by atoms with Crippen LogP contribution in [0.15, 0.2) is 12.4 Å². The van der Waals surface area contributed by atoms with Crippen molar-refractivity contribution >= 4 is 5.91 Å². The molecule has 3 heterocycles. The first-order valence-electron chi connectivity index (χ1n) is 9.10. The molecule has 0 saturated carbocycles. The van der Waals surface area contributed by atoms with Crippen LogP contribution in [-0.2, 0) is 19.6 Å². The van der Waals surface area contributed by atoms with Gasteiger partial charge in [0.15, 0.2) is 0 Å². The van der Waals surface area contributed by atoms with Crippen molar-refractivity contribution in [2.75, 3.05) is 26.2 Å². The van der Waals surface area contributed by atoms with E-state index in [1.165, 1.54) is 5.56 Å². The first-order chi connectivity index (χ1) is 12.0. The van der Waals surface area contributed by atoms with Crippen molar-refractivity contribution in [3.63, 3.8) is 0 Å². The maximum Gasteiger partial charge on any atom is 0.257 e. The number of rotatable bonds is 5. The van der Waals surface area contributed by atoms with Gasteiger partial charge in [0, 0.05) is 63.8 Å². The zero-order valence-electron chi connectivity index (χ0n) is 15.7. The highest BCUT2D eigenvalue weighted by Crippen LogP contribution is 2.15. The van der Waals surface area contributed by atoms with Crippen LogP contribution >= 0.6 is 0 Å². The molecule has 0 aliphatic carbocycles. The van der Waals surface area contributed by atoms with E-state index in [9.17, 15) is 4.79 Å². The lowest BCUT2D eigenvalue weighted by molar-refractivity contribution is 0.0627. The van der Waals surface area contributed by atoms with Crippen LogP contribution < -0.4 is 0 Å². The Morgan fingerprint density at radius 1 is 0.960 bits per heavy atom. The Labute approximate surface area is 149 Å². The van der Waals surface area contributed by atoms with Crippen LogP contribution in [0.1, 0.15) is 41.2 Å². The van der Waals surface area contributed by atoms with Gasteiger partial charge < -0.3 is 4.90 Å². The summed E-state index contributed by atoms with van der Waals surface area (Å²) in [7, 11) is 0. The minimum absolute atomic E-state index is 0.104. The van der Waals surface area contributed by atoms with Gasteiger partial charge in [-0.1, -0.05) is 0 Å². The fraction of sp³-hybridized carbons (Fsp3) is 0.611. The highest BCUT2D eigenvalue weighted by atomic mass is 16.2. The molecule has 1 aliphatic heterocycles. The lowest BCUT2D eigenvalue weighted by Crippen LogP contribution is -2.48. The molecule has 1 fully saturated rings. The monoisotopic (exact) mass is 344 g/mol. The molecule has 136 valence electrons. The van der Waals surface area contributed by atoms with Crippen molar-refractivity contribution in [1.82, 2.24) is 29.4 Å². The highest BCUT2D eigenvalue weighted by Gasteiger charge is 2.25. The van der Waals surface area contributed by atoms with Gasteiger partial charge in [-0.05, 0) is 27.7 Å². The molecule has 0 spiro atoms. The van der Waals surface area contributed by atoms with E-state index in [-0.39, 0.29) is 5.91 Å². The number of hydrogen-bond acceptors (Lipinski definition) is 4. The largest absolute Gasteiger partial charge is 0.336 e. The molecule has 7 nitrogen and oxygen atoms in total. The second kappa shape index (κ2) is 7.39. The first-order valence-corrected chi connectivity index (χ1v) is 9.10. The van der Waals surface area contributed by atoms with Gasteiger partial charge in [0.25, 0.3) is 5.91 Å². The molecule has 0 aromatic carbocycles. The van der Waals surface area contributed by atoms with Crippen molar-refractivity contribution in [3.05, 3.63) is 34.9 Å². The van der Waals surface area contributed by atoms with E-state index in [4.69, 9.17) is 0 Å². The summed E-state index contributed by atoms with van der Waals surface area (Å²) in [4.78, 5) is 17.1. The molecule has 7 heteroatoms. The van der Waals surface area contributed by atoms with Crippen molar-refractivity contribution in [3.8, 4) is 0 Å². The molecule has 0 atom stereocenters. The lowest BCUT2D eigenvalue weighted by Gasteiger charge is -2.34. The number of nitrogens with zero attached hydrogens (tertiary/aromatic N) is 6. The van der Waals surface area contributed by atoms with Gasteiger partial charge in [-0.3, -0.25) is 19.1 Å². The molecular formula is C18H28N6O. The molecule has 1 amide bonds. The van der Waals surface area contributed by atoms with Gasteiger partial charge in [0.05, 0.1) is 17.0 Å². The molecule has 3 rings (SSSR count). The Kier molecular flexibility index (Phi) is 5.22. The number of aromatic nitrogens is 4. The van der Waals surface area contributed by atoms with E-state index in [2.05, 4.69) is 35.1 Å². The summed E-state index contributed by atoms with van der Waals surface area (Å²) in [6.45, 7) is 14.0. The third-order valence-electron chi connectivity index (χ3n) is 4.93. The average Bonchev–Trinajstić information content (AvgIpc) is 3.17. The molecule has 2 aromatic rings. The molecular weight excluding hydrogens is 316 g/mol. The molecule has 1 aliphatic rings. The summed E-state index contributed by atoms with van der Waals surface area (Å²) in [5, 5.41) is 8.90. The smallest absolute Gasteiger partial charge is 0.257 e. The molecule has 2 aromatic heterocycles. The highest BCUT2D eigenvalue weighted by molar-refractivity contribution is 5.95. The number of aryl methyl sites for hydroxylation is 4. The molecule has 25 heavy (non-hydrogen) atoms. The van der Waals surface area contributed by atoms with E-state index < -0.39 is 0 Å². The summed E-state index contributed by atoms with van der Waals surface area (Å²) in [5.41, 5.74) is 3.93. The van der Waals surface area contributed by atoms with Crippen LogP contribution in [0.2, 0.25) is 0 Å². The number of carbonyl (C=O) groups excluding carboxylic acids is 1. The fourth-order valence-electron chi connectivity index (χ4n) is 3.29. The van der Waals surface area contributed by atoms with Gasteiger partial charge in [0.2, 0.25) is 0 Å². The van der Waals surface area contributed by atoms with Gasteiger partial charge in [0.1, 0.15) is 0 Å². The maximum absolute atomic E-state index is 12.8. The van der Waals surface area contributed by atoms with Crippen LogP contribution in [-0.4, -0.2) is 61.4 Å². The summed E-state index contributed by atoms with van der Waals surface area (Å²) < 4.78 is 3.81. The number of carbonyl (C=O) groups is 1. The third-order valence-corrected chi connectivity index (χ3v) is 4.93. The van der Waals surface area contributed by atoms with E-state index in [0.717, 1.165) is 62.8 Å². The summed E-state index contributed by atoms with van der Waals surface area (Å²) >= 11 is 0. The number of piperazine rings is 1. The van der Waals surface area contributed by atoms with E-state index in [0.29, 0.717) is 0 Å². The maximum atomic E-state index is 12.8. The van der Waals surface area contributed by atoms with Crippen LogP contribution in [0, 0.1) is 13.8 Å². The number of amides is 1. The minimum atomic E-state index is 0.104. The van der Waals surface area contributed by atoms with Crippen LogP contribution in [0.5, 0.6) is 0 Å². The van der Waals surface area contributed by atoms with Gasteiger partial charge in [-0.2, -0.15) is 10.2 Å². The summed E-state index contributed by atoms with van der Waals surface area (Å²) in [6, 6.07) is 0. The molecule has 0 radical (unpaired) electrons. The average molecular weight is 344 g/mol. The van der Waals surface area contributed by atoms with Crippen molar-refractivity contribution in [2.45, 2.75) is 47.3 Å². The summed E-state index contributed by atoms with van der Waals surface area (Å²) in [6.07, 6.45) is 4.00. The second-order valence-corrected chi connectivity index (χ2v) is 6.65. The SMILES string of the molecule is CCn1cc(CN2CCN(C(=O)c3cn(CC)nc3C)CC2)c(C)n1. The Balaban J connectivity index is 1.58. The molecule has 0 bridgehead atoms. The first kappa shape index (κ1) is 17.7. The van der Waals surface area contributed by atoms with Crippen molar-refractivity contribution < 1.29 is 4.79 Å². The Hall–Kier alpha value is -2.15. The van der Waals surface area contributed by atoms with E-state index >= 15 is 0 Å². The normalized spacial score (nSPS) is 15.8. The van der Waals surface area contributed by atoms with Crippen LogP contribution in [0.25, 0.3) is 0 Å². The van der Waals surface area contributed by atoms with Crippen LogP contribution in [0.3, 0.4) is 0 Å². The molecule has 0 N–H and O–H groups in total. The Morgan fingerprint density at radius 3 is 2.12 bits per heavy atom. The number of hydrogen-bond donors (Lipinski definition) is 0. The standard InChI is InChI=1S/C18H28N6O/c1-5-23-12-16(14(3)19-23)11-21-7-9-22(10-8-21)18(25)17-13-24(6-2)20-15(17)4/h12-13H,5-11H2,1-4H3. The van der Waals surface area contributed by atoms with Gasteiger partial charge in [-0.25, -0.2) is 0 Å². The zero-order chi connectivity index (χ0) is 18.0. The van der Waals surface area contributed by atoms with Crippen LogP contribution in [0.4, 0.5) is 0 Å². The molecule has 1 saturated heterocycles. The topological polar surface area (TPSA) is 59.2 Å². The zero-order valence-corrected chi connectivity index (χ0v) is 15.7. The van der Waals surface area contributed by atoms with Crippen molar-refractivity contribution in [2.24, 2.45) is 0 Å². The minimum Gasteiger partial charge on any atom is -0.336 e. The fourth-order valence-corrected chi connectivity index (χ4v) is 3.29. The van der Waals surface area contributed by atoms with Crippen molar-refractivity contribution in [1.29, 1.82) is 0 Å². The van der Waals surface area contributed by atoms with Gasteiger partial charge in [-0.15, -0.1) is 0 Å². The predicted molar refractivity (Wildman–Crippen MR) is 96.5 cm³/mol. The Morgan fingerprint density at radius 2 is 1.56 bits per heavy atom. The predicted octanol–water partition coefficient (Wildman–Crippen LogP) is 1.69. The van der Waals surface area contributed by atoms with E-state index in [1.807, 2.05) is 34.3 Å².